The molecule has 0 saturated heterocycles. The topological polar surface area (TPSA) is 41.6 Å². The second kappa shape index (κ2) is 5.74. The van der Waals surface area contributed by atoms with Gasteiger partial charge in [-0.25, -0.2) is 0 Å². The molecule has 1 unspecified atom stereocenters. The lowest BCUT2D eigenvalue weighted by molar-refractivity contribution is 0.692. The van der Waals surface area contributed by atoms with Gasteiger partial charge >= 0.3 is 0 Å². The number of benzene rings is 1. The Bertz CT molecular complexity index is 554. The first kappa shape index (κ1) is 12.7. The lowest BCUT2D eigenvalue weighted by atomic mass is 10.0. The van der Waals surface area contributed by atoms with Crippen molar-refractivity contribution in [2.24, 2.45) is 7.05 Å². The number of hydrogen-bond acceptors (Lipinski definition) is 3. The summed E-state index contributed by atoms with van der Waals surface area (Å²) in [5.41, 5.74) is 2.08. The summed E-state index contributed by atoms with van der Waals surface area (Å²) >= 11 is 1.67. The number of rotatable bonds is 4. The summed E-state index contributed by atoms with van der Waals surface area (Å²) in [6.07, 6.45) is 0. The summed E-state index contributed by atoms with van der Waals surface area (Å²) in [5.74, 6) is 0.672. The zero-order valence-corrected chi connectivity index (χ0v) is 11.3. The summed E-state index contributed by atoms with van der Waals surface area (Å²) in [5, 5.41) is 14.6. The predicted octanol–water partition coefficient (Wildman–Crippen LogP) is 3.13. The van der Waals surface area contributed by atoms with Crippen LogP contribution in [0, 0.1) is 18.3 Å². The van der Waals surface area contributed by atoms with Gasteiger partial charge in [-0.1, -0.05) is 30.3 Å². The van der Waals surface area contributed by atoms with Gasteiger partial charge in [-0.05, 0) is 18.6 Å². The van der Waals surface area contributed by atoms with Crippen LogP contribution in [-0.2, 0) is 7.05 Å². The van der Waals surface area contributed by atoms with Crippen LogP contribution in [0.25, 0.3) is 0 Å². The van der Waals surface area contributed by atoms with Gasteiger partial charge in [0, 0.05) is 12.8 Å². The average molecular weight is 257 g/mol. The first-order chi connectivity index (χ1) is 8.70. The van der Waals surface area contributed by atoms with E-state index in [1.807, 2.05) is 55.1 Å². The molecule has 92 valence electrons. The molecule has 1 atom stereocenters. The molecular formula is C14H15N3S. The Morgan fingerprint density at radius 2 is 2.11 bits per heavy atom. The maximum atomic E-state index is 9.25. The van der Waals surface area contributed by atoms with Gasteiger partial charge in [-0.2, -0.15) is 10.4 Å². The van der Waals surface area contributed by atoms with E-state index in [0.29, 0.717) is 0 Å². The lowest BCUT2D eigenvalue weighted by Gasteiger charge is -2.08. The quantitative estimate of drug-likeness (QED) is 0.790. The van der Waals surface area contributed by atoms with Gasteiger partial charge in [-0.3, -0.25) is 4.68 Å². The average Bonchev–Trinajstić information content (AvgIpc) is 2.70. The molecule has 0 aliphatic rings. The molecule has 1 aromatic carbocycles. The summed E-state index contributed by atoms with van der Waals surface area (Å²) in [6.45, 7) is 1.98. The molecule has 0 aliphatic carbocycles. The van der Waals surface area contributed by atoms with Crippen molar-refractivity contribution in [2.75, 3.05) is 5.75 Å². The molecule has 0 saturated carbocycles. The molecule has 0 N–H and O–H groups in total. The maximum absolute atomic E-state index is 9.25. The minimum atomic E-state index is -0.0774. The summed E-state index contributed by atoms with van der Waals surface area (Å²) in [6, 6.07) is 14.3. The van der Waals surface area contributed by atoms with Crippen LogP contribution >= 0.6 is 11.8 Å². The molecule has 0 amide bonds. The number of nitriles is 1. The summed E-state index contributed by atoms with van der Waals surface area (Å²) in [7, 11) is 1.93. The van der Waals surface area contributed by atoms with Crippen molar-refractivity contribution in [1.29, 1.82) is 5.26 Å². The van der Waals surface area contributed by atoms with E-state index in [1.54, 1.807) is 11.8 Å². The van der Waals surface area contributed by atoms with Crippen molar-refractivity contribution in [3.05, 3.63) is 47.7 Å². The molecule has 4 heteroatoms. The van der Waals surface area contributed by atoms with Crippen molar-refractivity contribution in [3.8, 4) is 6.07 Å². The van der Waals surface area contributed by atoms with Gasteiger partial charge in [-0.15, -0.1) is 11.8 Å². The van der Waals surface area contributed by atoms with E-state index in [4.69, 9.17) is 0 Å². The van der Waals surface area contributed by atoms with Crippen LogP contribution in [0.2, 0.25) is 0 Å². The highest BCUT2D eigenvalue weighted by molar-refractivity contribution is 7.99. The Morgan fingerprint density at radius 3 is 2.67 bits per heavy atom. The molecule has 3 nitrogen and oxygen atoms in total. The highest BCUT2D eigenvalue weighted by atomic mass is 32.2. The van der Waals surface area contributed by atoms with E-state index in [-0.39, 0.29) is 5.92 Å². The van der Waals surface area contributed by atoms with Gasteiger partial charge in [0.05, 0.1) is 22.7 Å². The van der Waals surface area contributed by atoms with E-state index < -0.39 is 0 Å². The van der Waals surface area contributed by atoms with Crippen LogP contribution in [0.1, 0.15) is 17.2 Å². The zero-order valence-electron chi connectivity index (χ0n) is 10.5. The maximum Gasteiger partial charge on any atom is 0.0939 e. The van der Waals surface area contributed by atoms with Gasteiger partial charge in [0.15, 0.2) is 0 Å². The minimum absolute atomic E-state index is 0.0774. The van der Waals surface area contributed by atoms with Crippen LogP contribution in [0.15, 0.2) is 41.4 Å². The van der Waals surface area contributed by atoms with Crippen molar-refractivity contribution in [2.45, 2.75) is 17.9 Å². The first-order valence-corrected chi connectivity index (χ1v) is 6.77. The number of nitrogens with zero attached hydrogens (tertiary/aromatic N) is 3. The third-order valence-electron chi connectivity index (χ3n) is 2.71. The standard InChI is InChI=1S/C14H15N3S/c1-11-8-14(17(2)16-11)18-10-13(9-15)12-6-4-3-5-7-12/h3-8,13H,10H2,1-2H3. The van der Waals surface area contributed by atoms with Gasteiger partial charge in [0.25, 0.3) is 0 Å². The van der Waals surface area contributed by atoms with Gasteiger partial charge < -0.3 is 0 Å². The fourth-order valence-electron chi connectivity index (χ4n) is 1.78. The van der Waals surface area contributed by atoms with E-state index in [1.165, 1.54) is 0 Å². The normalized spacial score (nSPS) is 12.1. The van der Waals surface area contributed by atoms with E-state index in [0.717, 1.165) is 22.0 Å². The molecule has 18 heavy (non-hydrogen) atoms. The van der Waals surface area contributed by atoms with E-state index >= 15 is 0 Å². The van der Waals surface area contributed by atoms with Crippen LogP contribution in [-0.4, -0.2) is 15.5 Å². The Hall–Kier alpha value is -1.73. The zero-order chi connectivity index (χ0) is 13.0. The Labute approximate surface area is 111 Å². The molecule has 0 fully saturated rings. The number of aromatic nitrogens is 2. The van der Waals surface area contributed by atoms with E-state index in [2.05, 4.69) is 11.2 Å². The Balaban J connectivity index is 2.05. The molecule has 0 radical (unpaired) electrons. The van der Waals surface area contributed by atoms with Gasteiger partial charge in [0.2, 0.25) is 0 Å². The van der Waals surface area contributed by atoms with Crippen molar-refractivity contribution in [1.82, 2.24) is 9.78 Å². The highest BCUT2D eigenvalue weighted by Crippen LogP contribution is 2.26. The molecule has 0 aliphatic heterocycles. The molecule has 2 rings (SSSR count). The number of thioether (sulfide) groups is 1. The second-order valence-corrected chi connectivity index (χ2v) is 5.19. The smallest absolute Gasteiger partial charge is 0.0939 e. The molecule has 0 bridgehead atoms. The fourth-order valence-corrected chi connectivity index (χ4v) is 2.87. The third-order valence-corrected chi connectivity index (χ3v) is 3.89. The van der Waals surface area contributed by atoms with Gasteiger partial charge in [0.1, 0.15) is 0 Å². The second-order valence-electron chi connectivity index (χ2n) is 4.15. The fraction of sp³-hybridized carbons (Fsp3) is 0.286. The Morgan fingerprint density at radius 1 is 1.39 bits per heavy atom. The van der Waals surface area contributed by atoms with E-state index in [9.17, 15) is 5.26 Å². The van der Waals surface area contributed by atoms with Crippen LogP contribution in [0.4, 0.5) is 0 Å². The van der Waals surface area contributed by atoms with Crippen molar-refractivity contribution in [3.63, 3.8) is 0 Å². The predicted molar refractivity (Wildman–Crippen MR) is 73.5 cm³/mol. The van der Waals surface area contributed by atoms with Crippen LogP contribution < -0.4 is 0 Å². The summed E-state index contributed by atoms with van der Waals surface area (Å²) in [4.78, 5) is 0. The Kier molecular flexibility index (Phi) is 4.06. The largest absolute Gasteiger partial charge is 0.262 e. The molecular weight excluding hydrogens is 242 g/mol. The van der Waals surface area contributed by atoms with Crippen molar-refractivity contribution < 1.29 is 0 Å². The minimum Gasteiger partial charge on any atom is -0.262 e. The summed E-state index contributed by atoms with van der Waals surface area (Å²) < 4.78 is 1.86. The monoisotopic (exact) mass is 257 g/mol. The molecule has 2 aromatic rings. The number of hydrogen-bond donors (Lipinski definition) is 0. The lowest BCUT2D eigenvalue weighted by Crippen LogP contribution is -2.00. The highest BCUT2D eigenvalue weighted by Gasteiger charge is 2.12. The third kappa shape index (κ3) is 2.93. The molecule has 0 spiro atoms. The number of aryl methyl sites for hydroxylation is 2. The van der Waals surface area contributed by atoms with Crippen LogP contribution in [0.5, 0.6) is 0 Å². The SMILES string of the molecule is Cc1cc(SCC(C#N)c2ccccc2)n(C)n1. The molecule has 1 aromatic heterocycles. The first-order valence-electron chi connectivity index (χ1n) is 5.78. The van der Waals surface area contributed by atoms with Crippen LogP contribution in [0.3, 0.4) is 0 Å². The van der Waals surface area contributed by atoms with Crippen molar-refractivity contribution >= 4 is 11.8 Å². The molecule has 1 heterocycles.